The van der Waals surface area contributed by atoms with Crippen LogP contribution in [0.3, 0.4) is 0 Å². The third-order valence-electron chi connectivity index (χ3n) is 2.37. The molecule has 2 rings (SSSR count). The first-order valence-corrected chi connectivity index (χ1v) is 4.85. The van der Waals surface area contributed by atoms with Crippen LogP contribution in [0.5, 0.6) is 5.75 Å². The van der Waals surface area contributed by atoms with Crippen molar-refractivity contribution in [2.45, 2.75) is 0 Å². The van der Waals surface area contributed by atoms with Crippen LogP contribution in [0.2, 0.25) is 0 Å². The Morgan fingerprint density at radius 3 is 2.62 bits per heavy atom. The fourth-order valence-corrected chi connectivity index (χ4v) is 1.56. The third kappa shape index (κ3) is 1.77. The van der Waals surface area contributed by atoms with Gasteiger partial charge in [0.15, 0.2) is 0 Å². The second kappa shape index (κ2) is 4.10. The Hall–Kier alpha value is -2.23. The molecule has 0 aliphatic carbocycles. The van der Waals surface area contributed by atoms with Crippen molar-refractivity contribution in [3.8, 4) is 16.9 Å². The lowest BCUT2D eigenvalue weighted by Gasteiger charge is -2.10. The van der Waals surface area contributed by atoms with Crippen molar-refractivity contribution in [3.63, 3.8) is 0 Å². The highest BCUT2D eigenvalue weighted by molar-refractivity contribution is 5.81. The van der Waals surface area contributed by atoms with Gasteiger partial charge in [-0.2, -0.15) is 0 Å². The number of anilines is 2. The standard InChI is InChI=1S/C12H13N3O/c1-16-12-6-10(13)9(5-11(12)14)8-3-2-4-15-7-8/h2-7H,13-14H2,1H3. The average molecular weight is 215 g/mol. The molecule has 2 aromatic rings. The fraction of sp³-hybridized carbons (Fsp3) is 0.0833. The number of benzene rings is 1. The van der Waals surface area contributed by atoms with Crippen molar-refractivity contribution in [1.82, 2.24) is 4.98 Å². The summed E-state index contributed by atoms with van der Waals surface area (Å²) >= 11 is 0. The van der Waals surface area contributed by atoms with Crippen molar-refractivity contribution >= 4 is 11.4 Å². The number of aromatic nitrogens is 1. The number of nitrogen functional groups attached to an aromatic ring is 2. The molecule has 0 aliphatic heterocycles. The Kier molecular flexibility index (Phi) is 2.64. The van der Waals surface area contributed by atoms with Gasteiger partial charge in [0, 0.05) is 35.3 Å². The molecule has 82 valence electrons. The zero-order chi connectivity index (χ0) is 11.5. The average Bonchev–Trinajstić information content (AvgIpc) is 2.32. The number of hydrogen-bond donors (Lipinski definition) is 2. The highest BCUT2D eigenvalue weighted by Gasteiger charge is 2.07. The van der Waals surface area contributed by atoms with Crippen LogP contribution in [0, 0.1) is 0 Å². The second-order valence-electron chi connectivity index (χ2n) is 3.42. The molecule has 4 nitrogen and oxygen atoms in total. The van der Waals surface area contributed by atoms with E-state index in [2.05, 4.69) is 4.98 Å². The predicted molar refractivity (Wildman–Crippen MR) is 65.0 cm³/mol. The van der Waals surface area contributed by atoms with E-state index in [1.807, 2.05) is 12.1 Å². The van der Waals surface area contributed by atoms with Crippen molar-refractivity contribution in [3.05, 3.63) is 36.7 Å². The van der Waals surface area contributed by atoms with Gasteiger partial charge in [-0.05, 0) is 12.1 Å². The van der Waals surface area contributed by atoms with Crippen LogP contribution in [-0.4, -0.2) is 12.1 Å². The Balaban J connectivity index is 2.55. The van der Waals surface area contributed by atoms with Gasteiger partial charge in [0.2, 0.25) is 0 Å². The molecular weight excluding hydrogens is 202 g/mol. The SMILES string of the molecule is COc1cc(N)c(-c2cccnc2)cc1N. The van der Waals surface area contributed by atoms with Crippen LogP contribution in [-0.2, 0) is 0 Å². The molecule has 0 atom stereocenters. The lowest BCUT2D eigenvalue weighted by molar-refractivity contribution is 0.417. The summed E-state index contributed by atoms with van der Waals surface area (Å²) < 4.78 is 5.10. The summed E-state index contributed by atoms with van der Waals surface area (Å²) in [5.74, 6) is 0.588. The van der Waals surface area contributed by atoms with Crippen molar-refractivity contribution < 1.29 is 4.74 Å². The van der Waals surface area contributed by atoms with Gasteiger partial charge < -0.3 is 16.2 Å². The Morgan fingerprint density at radius 2 is 2.00 bits per heavy atom. The highest BCUT2D eigenvalue weighted by Crippen LogP contribution is 2.33. The van der Waals surface area contributed by atoms with Gasteiger partial charge in [-0.1, -0.05) is 6.07 Å². The summed E-state index contributed by atoms with van der Waals surface area (Å²) in [6.45, 7) is 0. The van der Waals surface area contributed by atoms with Crippen LogP contribution >= 0.6 is 0 Å². The van der Waals surface area contributed by atoms with Gasteiger partial charge in [0.05, 0.1) is 12.8 Å². The maximum absolute atomic E-state index is 5.93. The van der Waals surface area contributed by atoms with E-state index < -0.39 is 0 Å². The molecule has 0 saturated carbocycles. The minimum atomic E-state index is 0.565. The van der Waals surface area contributed by atoms with Crippen molar-refractivity contribution in [2.75, 3.05) is 18.6 Å². The lowest BCUT2D eigenvalue weighted by Crippen LogP contribution is -1.97. The minimum absolute atomic E-state index is 0.565. The summed E-state index contributed by atoms with van der Waals surface area (Å²) in [5.41, 5.74) is 14.8. The number of ether oxygens (including phenoxy) is 1. The quantitative estimate of drug-likeness (QED) is 0.750. The monoisotopic (exact) mass is 215 g/mol. The van der Waals surface area contributed by atoms with E-state index in [-0.39, 0.29) is 0 Å². The summed E-state index contributed by atoms with van der Waals surface area (Å²) in [6, 6.07) is 7.31. The predicted octanol–water partition coefficient (Wildman–Crippen LogP) is 1.92. The number of rotatable bonds is 2. The molecule has 0 radical (unpaired) electrons. The van der Waals surface area contributed by atoms with Gasteiger partial charge in [-0.15, -0.1) is 0 Å². The molecule has 1 heterocycles. The molecule has 0 saturated heterocycles. The van der Waals surface area contributed by atoms with E-state index in [4.69, 9.17) is 16.2 Å². The zero-order valence-electron chi connectivity index (χ0n) is 8.97. The Bertz CT molecular complexity index is 497. The topological polar surface area (TPSA) is 74.2 Å². The van der Waals surface area contributed by atoms with Crippen LogP contribution in [0.25, 0.3) is 11.1 Å². The van der Waals surface area contributed by atoms with Crippen LogP contribution < -0.4 is 16.2 Å². The van der Waals surface area contributed by atoms with E-state index in [1.54, 1.807) is 31.6 Å². The number of methoxy groups -OCH3 is 1. The lowest BCUT2D eigenvalue weighted by atomic mass is 10.0. The van der Waals surface area contributed by atoms with E-state index in [0.29, 0.717) is 17.1 Å². The maximum Gasteiger partial charge on any atom is 0.143 e. The normalized spacial score (nSPS) is 10.1. The fourth-order valence-electron chi connectivity index (χ4n) is 1.56. The molecular formula is C12H13N3O. The van der Waals surface area contributed by atoms with Gasteiger partial charge in [-0.3, -0.25) is 4.98 Å². The molecule has 1 aromatic carbocycles. The molecule has 16 heavy (non-hydrogen) atoms. The summed E-state index contributed by atoms with van der Waals surface area (Å²) in [4.78, 5) is 4.05. The first-order chi connectivity index (χ1) is 7.72. The maximum atomic E-state index is 5.93. The molecule has 0 amide bonds. The molecule has 0 aliphatic rings. The zero-order valence-corrected chi connectivity index (χ0v) is 8.97. The summed E-state index contributed by atoms with van der Waals surface area (Å²) in [5, 5.41) is 0. The Labute approximate surface area is 93.9 Å². The largest absolute Gasteiger partial charge is 0.495 e. The van der Waals surface area contributed by atoms with E-state index >= 15 is 0 Å². The molecule has 4 heteroatoms. The number of nitrogens with two attached hydrogens (primary N) is 2. The first-order valence-electron chi connectivity index (χ1n) is 4.85. The number of pyridine rings is 1. The molecule has 0 unspecified atom stereocenters. The summed E-state index contributed by atoms with van der Waals surface area (Å²) in [7, 11) is 1.56. The number of nitrogens with zero attached hydrogens (tertiary/aromatic N) is 1. The van der Waals surface area contributed by atoms with Gasteiger partial charge in [-0.25, -0.2) is 0 Å². The highest BCUT2D eigenvalue weighted by atomic mass is 16.5. The second-order valence-corrected chi connectivity index (χ2v) is 3.42. The first kappa shape index (κ1) is 10.3. The Morgan fingerprint density at radius 1 is 1.19 bits per heavy atom. The van der Waals surface area contributed by atoms with Gasteiger partial charge in [0.1, 0.15) is 5.75 Å². The van der Waals surface area contributed by atoms with E-state index in [9.17, 15) is 0 Å². The third-order valence-corrected chi connectivity index (χ3v) is 2.37. The smallest absolute Gasteiger partial charge is 0.143 e. The van der Waals surface area contributed by atoms with Crippen molar-refractivity contribution in [2.24, 2.45) is 0 Å². The van der Waals surface area contributed by atoms with Gasteiger partial charge in [0.25, 0.3) is 0 Å². The van der Waals surface area contributed by atoms with E-state index in [0.717, 1.165) is 11.1 Å². The van der Waals surface area contributed by atoms with Crippen molar-refractivity contribution in [1.29, 1.82) is 0 Å². The minimum Gasteiger partial charge on any atom is -0.495 e. The molecule has 1 aromatic heterocycles. The number of hydrogen-bond acceptors (Lipinski definition) is 4. The molecule has 0 spiro atoms. The molecule has 0 fully saturated rings. The van der Waals surface area contributed by atoms with E-state index in [1.165, 1.54) is 0 Å². The molecule has 0 bridgehead atoms. The van der Waals surface area contributed by atoms with Gasteiger partial charge >= 0.3 is 0 Å². The molecule has 4 N–H and O–H groups in total. The summed E-state index contributed by atoms with van der Waals surface area (Å²) in [6.07, 6.45) is 3.46. The van der Waals surface area contributed by atoms with Crippen LogP contribution in [0.4, 0.5) is 11.4 Å². The van der Waals surface area contributed by atoms with Crippen LogP contribution in [0.15, 0.2) is 36.7 Å². The van der Waals surface area contributed by atoms with Crippen LogP contribution in [0.1, 0.15) is 0 Å².